The van der Waals surface area contributed by atoms with Gasteiger partial charge in [0, 0.05) is 5.56 Å². The van der Waals surface area contributed by atoms with Crippen molar-refractivity contribution in [3.8, 4) is 17.2 Å². The summed E-state index contributed by atoms with van der Waals surface area (Å²) in [5.41, 5.74) is 2.73. The predicted molar refractivity (Wildman–Crippen MR) is 90.9 cm³/mol. The maximum absolute atomic E-state index is 12.1. The Labute approximate surface area is 144 Å². The van der Waals surface area contributed by atoms with E-state index >= 15 is 0 Å². The van der Waals surface area contributed by atoms with E-state index in [0.29, 0.717) is 17.1 Å². The molecule has 2 aliphatic heterocycles. The summed E-state index contributed by atoms with van der Waals surface area (Å²) in [7, 11) is 1.62. The van der Waals surface area contributed by atoms with Crippen LogP contribution in [0.4, 0.5) is 0 Å². The number of aliphatic imine (C=N–C) groups is 1. The summed E-state index contributed by atoms with van der Waals surface area (Å²) in [5, 5.41) is 0. The highest BCUT2D eigenvalue weighted by atomic mass is 16.7. The zero-order valence-corrected chi connectivity index (χ0v) is 13.7. The lowest BCUT2D eigenvalue weighted by Gasteiger charge is -2.04. The molecule has 0 fully saturated rings. The second-order valence-corrected chi connectivity index (χ2v) is 5.63. The Morgan fingerprint density at radius 3 is 2.76 bits per heavy atom. The smallest absolute Gasteiger partial charge is 0.363 e. The van der Waals surface area contributed by atoms with Gasteiger partial charge in [0.15, 0.2) is 17.2 Å². The summed E-state index contributed by atoms with van der Waals surface area (Å²) < 4.78 is 21.1. The largest absolute Gasteiger partial charge is 0.496 e. The molecule has 25 heavy (non-hydrogen) atoms. The summed E-state index contributed by atoms with van der Waals surface area (Å²) in [6.07, 6.45) is 1.69. The molecule has 0 unspecified atom stereocenters. The molecule has 0 bridgehead atoms. The highest BCUT2D eigenvalue weighted by Crippen LogP contribution is 2.33. The van der Waals surface area contributed by atoms with Crippen LogP contribution in [-0.2, 0) is 9.53 Å². The first-order valence-corrected chi connectivity index (χ1v) is 7.71. The third-order valence-corrected chi connectivity index (χ3v) is 3.96. The fourth-order valence-corrected chi connectivity index (χ4v) is 2.71. The summed E-state index contributed by atoms with van der Waals surface area (Å²) in [4.78, 5) is 16.4. The third kappa shape index (κ3) is 2.82. The first-order valence-electron chi connectivity index (χ1n) is 7.71. The minimum Gasteiger partial charge on any atom is -0.496 e. The fraction of sp³-hybridized carbons (Fsp3) is 0.158. The Balaban J connectivity index is 1.65. The van der Waals surface area contributed by atoms with E-state index in [1.807, 2.05) is 25.1 Å². The van der Waals surface area contributed by atoms with E-state index in [2.05, 4.69) is 4.99 Å². The van der Waals surface area contributed by atoms with Crippen molar-refractivity contribution >= 4 is 17.9 Å². The van der Waals surface area contributed by atoms with Gasteiger partial charge < -0.3 is 18.9 Å². The molecule has 4 rings (SSSR count). The normalized spacial score (nSPS) is 16.8. The molecule has 0 saturated heterocycles. The molecule has 2 aromatic rings. The van der Waals surface area contributed by atoms with Crippen LogP contribution >= 0.6 is 0 Å². The minimum atomic E-state index is -0.485. The molecule has 2 aromatic carbocycles. The van der Waals surface area contributed by atoms with E-state index < -0.39 is 5.97 Å². The van der Waals surface area contributed by atoms with E-state index in [4.69, 9.17) is 18.9 Å². The molecule has 0 N–H and O–H groups in total. The van der Waals surface area contributed by atoms with E-state index in [-0.39, 0.29) is 18.4 Å². The Hall–Kier alpha value is -3.28. The van der Waals surface area contributed by atoms with Crippen LogP contribution in [0.5, 0.6) is 17.2 Å². The van der Waals surface area contributed by atoms with Gasteiger partial charge in [0.05, 0.1) is 7.11 Å². The maximum atomic E-state index is 12.1. The van der Waals surface area contributed by atoms with E-state index in [1.54, 1.807) is 31.4 Å². The predicted octanol–water partition coefficient (Wildman–Crippen LogP) is 3.08. The van der Waals surface area contributed by atoms with Gasteiger partial charge >= 0.3 is 5.97 Å². The average molecular weight is 337 g/mol. The molecule has 0 aromatic heterocycles. The van der Waals surface area contributed by atoms with Crippen molar-refractivity contribution < 1.29 is 23.7 Å². The molecule has 0 spiro atoms. The number of methoxy groups -OCH3 is 1. The Kier molecular flexibility index (Phi) is 3.65. The Morgan fingerprint density at radius 1 is 1.12 bits per heavy atom. The highest BCUT2D eigenvalue weighted by Gasteiger charge is 2.25. The molecule has 2 aliphatic rings. The van der Waals surface area contributed by atoms with Crippen molar-refractivity contribution in [1.29, 1.82) is 0 Å². The van der Waals surface area contributed by atoms with Crippen molar-refractivity contribution in [2.24, 2.45) is 4.99 Å². The van der Waals surface area contributed by atoms with Gasteiger partial charge in [-0.05, 0) is 54.5 Å². The molecule has 0 amide bonds. The first-order chi connectivity index (χ1) is 12.1. The maximum Gasteiger partial charge on any atom is 0.363 e. The van der Waals surface area contributed by atoms with Crippen LogP contribution in [0.25, 0.3) is 6.08 Å². The summed E-state index contributed by atoms with van der Waals surface area (Å²) in [5.74, 6) is 1.83. The lowest BCUT2D eigenvalue weighted by atomic mass is 10.1. The van der Waals surface area contributed by atoms with Gasteiger partial charge in [-0.2, -0.15) is 0 Å². The number of nitrogens with zero attached hydrogens (tertiary/aromatic N) is 1. The molecule has 6 nitrogen and oxygen atoms in total. The fourth-order valence-electron chi connectivity index (χ4n) is 2.71. The van der Waals surface area contributed by atoms with Gasteiger partial charge in [-0.1, -0.05) is 6.07 Å². The summed E-state index contributed by atoms with van der Waals surface area (Å²) >= 11 is 0. The monoisotopic (exact) mass is 337 g/mol. The lowest BCUT2D eigenvalue weighted by Crippen LogP contribution is -2.05. The highest BCUT2D eigenvalue weighted by molar-refractivity contribution is 6.13. The topological polar surface area (TPSA) is 66.3 Å². The number of cyclic esters (lactones) is 1. The summed E-state index contributed by atoms with van der Waals surface area (Å²) in [6, 6.07) is 10.9. The van der Waals surface area contributed by atoms with Gasteiger partial charge in [0.25, 0.3) is 0 Å². The number of aryl methyl sites for hydroxylation is 1. The van der Waals surface area contributed by atoms with E-state index in [1.165, 1.54) is 0 Å². The third-order valence-electron chi connectivity index (χ3n) is 3.96. The van der Waals surface area contributed by atoms with Crippen molar-refractivity contribution in [2.75, 3.05) is 13.9 Å². The number of fused-ring (bicyclic) bond motifs is 1. The van der Waals surface area contributed by atoms with Crippen LogP contribution in [0.1, 0.15) is 16.7 Å². The molecular weight excluding hydrogens is 322 g/mol. The van der Waals surface area contributed by atoms with Crippen molar-refractivity contribution in [1.82, 2.24) is 0 Å². The number of ether oxygens (including phenoxy) is 4. The zero-order chi connectivity index (χ0) is 17.4. The van der Waals surface area contributed by atoms with Crippen LogP contribution in [0.2, 0.25) is 0 Å². The second kappa shape index (κ2) is 5.98. The van der Waals surface area contributed by atoms with Crippen molar-refractivity contribution in [3.05, 3.63) is 58.8 Å². The molecule has 0 saturated carbocycles. The molecule has 0 aliphatic carbocycles. The van der Waals surface area contributed by atoms with Crippen LogP contribution < -0.4 is 14.2 Å². The molecule has 0 atom stereocenters. The number of carbonyl (C=O) groups is 1. The second-order valence-electron chi connectivity index (χ2n) is 5.63. The quantitative estimate of drug-likeness (QED) is 0.636. The number of hydrogen-bond acceptors (Lipinski definition) is 6. The molecule has 6 heteroatoms. The number of benzene rings is 2. The zero-order valence-electron chi connectivity index (χ0n) is 13.7. The molecule has 0 radical (unpaired) electrons. The average Bonchev–Trinajstić information content (AvgIpc) is 3.21. The Morgan fingerprint density at radius 2 is 1.96 bits per heavy atom. The van der Waals surface area contributed by atoms with Gasteiger partial charge in [-0.15, -0.1) is 0 Å². The van der Waals surface area contributed by atoms with Gasteiger partial charge in [-0.25, -0.2) is 9.79 Å². The van der Waals surface area contributed by atoms with Crippen LogP contribution in [0.15, 0.2) is 47.1 Å². The van der Waals surface area contributed by atoms with Crippen molar-refractivity contribution in [3.63, 3.8) is 0 Å². The Bertz CT molecular complexity index is 929. The standard InChI is InChI=1S/C19H15NO5/c1-11-7-12(3-5-15(11)22-2)8-14-19(21)25-18(20-14)13-4-6-16-17(9-13)24-10-23-16/h3-9H,10H2,1-2H3. The first kappa shape index (κ1) is 15.3. The van der Waals surface area contributed by atoms with Crippen LogP contribution in [-0.4, -0.2) is 25.8 Å². The van der Waals surface area contributed by atoms with Crippen LogP contribution in [0.3, 0.4) is 0 Å². The lowest BCUT2D eigenvalue weighted by molar-refractivity contribution is -0.129. The summed E-state index contributed by atoms with van der Waals surface area (Å²) in [6.45, 7) is 2.13. The van der Waals surface area contributed by atoms with E-state index in [0.717, 1.165) is 16.9 Å². The molecular formula is C19H15NO5. The van der Waals surface area contributed by atoms with Gasteiger partial charge in [0.2, 0.25) is 12.7 Å². The number of hydrogen-bond donors (Lipinski definition) is 0. The number of carbonyl (C=O) groups excluding carboxylic acids is 1. The number of esters is 1. The minimum absolute atomic E-state index is 0.188. The van der Waals surface area contributed by atoms with E-state index in [9.17, 15) is 4.79 Å². The van der Waals surface area contributed by atoms with Gasteiger partial charge in [0.1, 0.15) is 5.75 Å². The van der Waals surface area contributed by atoms with Crippen molar-refractivity contribution in [2.45, 2.75) is 6.92 Å². The SMILES string of the molecule is COc1ccc(C=C2N=C(c3ccc4c(c3)OCO4)OC2=O)cc1C. The molecule has 126 valence electrons. The van der Waals surface area contributed by atoms with Gasteiger partial charge in [-0.3, -0.25) is 0 Å². The number of rotatable bonds is 3. The van der Waals surface area contributed by atoms with Crippen LogP contribution in [0, 0.1) is 6.92 Å². The molecule has 2 heterocycles.